The van der Waals surface area contributed by atoms with E-state index in [0.717, 1.165) is 25.0 Å². The van der Waals surface area contributed by atoms with Crippen LogP contribution in [0.1, 0.15) is 33.6 Å². The van der Waals surface area contributed by atoms with E-state index in [1.165, 1.54) is 36.2 Å². The first-order chi connectivity index (χ1) is 25.3. The molecule has 4 aromatic carbocycles. The molecule has 272 valence electrons. The molecule has 0 saturated heterocycles. The van der Waals surface area contributed by atoms with Crippen LogP contribution in [0.15, 0.2) is 121 Å². The smallest absolute Gasteiger partial charge is 0.383 e. The molecule has 0 fully saturated rings. The van der Waals surface area contributed by atoms with Gasteiger partial charge in [0, 0.05) is 61.7 Å². The number of allylic oxidation sites excluding steroid dienone is 8. The molecular formula is C42H38F4N2O4Ti. The Morgan fingerprint density at radius 3 is 1.25 bits per heavy atom. The van der Waals surface area contributed by atoms with Gasteiger partial charge in [0.2, 0.25) is 11.8 Å². The third-order valence-electron chi connectivity index (χ3n) is 7.01. The fourth-order valence-electron chi connectivity index (χ4n) is 4.47. The van der Waals surface area contributed by atoms with Gasteiger partial charge in [-0.1, -0.05) is 36.4 Å². The van der Waals surface area contributed by atoms with Gasteiger partial charge in [0.05, 0.1) is 13.2 Å². The van der Waals surface area contributed by atoms with Gasteiger partial charge in [-0.2, -0.15) is 12.2 Å². The number of amides is 2. The van der Waals surface area contributed by atoms with Crippen LogP contribution in [-0.2, 0) is 31.2 Å². The van der Waals surface area contributed by atoms with Crippen molar-refractivity contribution in [3.8, 4) is 0 Å². The van der Waals surface area contributed by atoms with Crippen LogP contribution in [-0.4, -0.2) is 52.3 Å². The summed E-state index contributed by atoms with van der Waals surface area (Å²) in [7, 11) is 2.97. The van der Waals surface area contributed by atoms with Gasteiger partial charge in [-0.05, 0) is 35.6 Å². The van der Waals surface area contributed by atoms with Crippen LogP contribution in [0.2, 0.25) is 0 Å². The van der Waals surface area contributed by atoms with Crippen molar-refractivity contribution in [2.24, 2.45) is 0 Å². The number of nitrogens with zero attached hydrogens (tertiary/aromatic N) is 2. The molecule has 0 unspecified atom stereocenters. The van der Waals surface area contributed by atoms with Crippen LogP contribution in [0, 0.1) is 47.6 Å². The Bertz CT molecular complexity index is 1670. The van der Waals surface area contributed by atoms with Gasteiger partial charge < -0.3 is 19.3 Å². The van der Waals surface area contributed by atoms with E-state index in [0.29, 0.717) is 11.1 Å². The number of carbonyl (C=O) groups excluding carboxylic acids is 2. The molecule has 2 aliphatic rings. The Kier molecular flexibility index (Phi) is 21.0. The first kappa shape index (κ1) is 44.3. The molecule has 0 N–H and O–H groups in total. The summed E-state index contributed by atoms with van der Waals surface area (Å²) in [5.74, 6) is -4.20. The minimum atomic E-state index is -0.907. The Labute approximate surface area is 323 Å². The van der Waals surface area contributed by atoms with E-state index in [1.807, 2.05) is 36.4 Å². The van der Waals surface area contributed by atoms with Crippen molar-refractivity contribution < 1.29 is 58.3 Å². The minimum absolute atomic E-state index is 0. The summed E-state index contributed by atoms with van der Waals surface area (Å²) in [6.07, 6.45) is 20.0. The second-order valence-electron chi connectivity index (χ2n) is 10.6. The number of methoxy groups -OCH3 is 2. The van der Waals surface area contributed by atoms with Crippen molar-refractivity contribution >= 4 is 23.2 Å². The Morgan fingerprint density at radius 2 is 0.981 bits per heavy atom. The molecular weight excluding hydrogens is 720 g/mol. The van der Waals surface area contributed by atoms with Crippen LogP contribution in [0.3, 0.4) is 0 Å². The van der Waals surface area contributed by atoms with Gasteiger partial charge in [0.25, 0.3) is 0 Å². The number of ether oxygens (including phenoxy) is 2. The maximum atomic E-state index is 13.9. The van der Waals surface area contributed by atoms with E-state index in [4.69, 9.17) is 9.47 Å². The van der Waals surface area contributed by atoms with Crippen LogP contribution in [0.4, 0.5) is 28.9 Å². The molecule has 0 aliphatic heterocycles. The number of benzene rings is 4. The van der Waals surface area contributed by atoms with E-state index in [2.05, 4.69) is 24.3 Å². The number of anilines is 2. The zero-order valence-electron chi connectivity index (χ0n) is 29.3. The molecule has 0 radical (unpaired) electrons. The zero-order valence-corrected chi connectivity index (χ0v) is 30.9. The molecule has 4 aromatic rings. The first-order valence-corrected chi connectivity index (χ1v) is 16.2. The van der Waals surface area contributed by atoms with Crippen molar-refractivity contribution in [2.45, 2.75) is 12.8 Å². The van der Waals surface area contributed by atoms with E-state index in [1.54, 1.807) is 60.7 Å². The van der Waals surface area contributed by atoms with Gasteiger partial charge in [0.15, 0.2) is 0 Å². The predicted octanol–water partition coefficient (Wildman–Crippen LogP) is 8.73. The Hall–Kier alpha value is -4.87. The maximum Gasteiger partial charge on any atom is 4.00 e. The number of halogens is 4. The maximum absolute atomic E-state index is 13.9. The number of hydrogen-bond acceptors (Lipinski definition) is 4. The predicted molar refractivity (Wildman–Crippen MR) is 194 cm³/mol. The second kappa shape index (κ2) is 25.2. The van der Waals surface area contributed by atoms with Gasteiger partial charge in [-0.25, -0.2) is 41.9 Å². The summed E-state index contributed by atoms with van der Waals surface area (Å²) in [4.78, 5) is 27.4. The van der Waals surface area contributed by atoms with E-state index in [9.17, 15) is 27.2 Å². The molecule has 6 nitrogen and oxygen atoms in total. The third kappa shape index (κ3) is 15.3. The fraction of sp³-hybridized carbons (Fsp3) is 0.190. The molecule has 0 spiro atoms. The zero-order chi connectivity index (χ0) is 37.6. The largest absolute Gasteiger partial charge is 4.00 e. The molecule has 0 atom stereocenters. The normalized spacial score (nSPS) is 11.6. The molecule has 0 aromatic heterocycles. The fourth-order valence-corrected chi connectivity index (χ4v) is 4.47. The average Bonchev–Trinajstić information content (AvgIpc) is 3.95. The molecule has 2 amide bonds. The van der Waals surface area contributed by atoms with E-state index >= 15 is 0 Å². The van der Waals surface area contributed by atoms with E-state index < -0.39 is 23.3 Å². The van der Waals surface area contributed by atoms with Gasteiger partial charge in [0.1, 0.15) is 0 Å². The van der Waals surface area contributed by atoms with Crippen LogP contribution >= 0.6 is 0 Å². The van der Waals surface area contributed by atoms with Crippen molar-refractivity contribution in [1.82, 2.24) is 0 Å². The average molecular weight is 759 g/mol. The van der Waals surface area contributed by atoms with Crippen LogP contribution in [0.5, 0.6) is 0 Å². The summed E-state index contributed by atoms with van der Waals surface area (Å²) in [6, 6.07) is 25.4. The standard InChI is InChI=1S/2C16H14F2NO2.2C5H5.Ti/c2*1-21-10-9-19(15-8-7-13(17)11-14(15)18)16(20)12-5-3-2-4-6-12;2*1-2-4-5-3-1;/h2*2-8H,9-10H2,1H3;2*1-3H,4H2;/q4*-1;+4. The number of rotatable bonds is 10. The minimum Gasteiger partial charge on any atom is -0.383 e. The summed E-state index contributed by atoms with van der Waals surface area (Å²) in [5.41, 5.74) is 0.777. The Balaban J connectivity index is 0.000000285. The molecule has 0 heterocycles. The molecule has 0 bridgehead atoms. The summed E-state index contributed by atoms with van der Waals surface area (Å²) in [5, 5.41) is 0. The van der Waals surface area contributed by atoms with Gasteiger partial charge >= 0.3 is 21.7 Å². The van der Waals surface area contributed by atoms with Crippen molar-refractivity contribution in [1.29, 1.82) is 0 Å². The van der Waals surface area contributed by atoms with Gasteiger partial charge in [-0.3, -0.25) is 21.7 Å². The quantitative estimate of drug-likeness (QED) is 0.0923. The molecule has 11 heteroatoms. The van der Waals surface area contributed by atoms with Crippen molar-refractivity contribution in [2.75, 3.05) is 50.3 Å². The molecule has 2 aliphatic carbocycles. The first-order valence-electron chi connectivity index (χ1n) is 16.2. The van der Waals surface area contributed by atoms with Gasteiger partial charge in [-0.15, -0.1) is 49.2 Å². The molecule has 53 heavy (non-hydrogen) atoms. The third-order valence-corrected chi connectivity index (χ3v) is 7.01. The number of hydrogen-bond donors (Lipinski definition) is 0. The number of carbonyl (C=O) groups is 2. The van der Waals surface area contributed by atoms with E-state index in [-0.39, 0.29) is 71.2 Å². The SMILES string of the molecule is COCCN(C(=O)c1ccccc1)c1ccc(F)[c-]c1F.COCCN(C(=O)c1ccccc1)c1ccc(F)[c-]c1F.[C-]1=CC=CC1.[C-]1=CC=CC1.[Ti+4]. The monoisotopic (exact) mass is 758 g/mol. The topological polar surface area (TPSA) is 59.1 Å². The summed E-state index contributed by atoms with van der Waals surface area (Å²) in [6.45, 7) is 0.770. The van der Waals surface area contributed by atoms with Crippen molar-refractivity contribution in [3.05, 3.63) is 180 Å². The second-order valence-corrected chi connectivity index (χ2v) is 10.6. The van der Waals surface area contributed by atoms with Crippen LogP contribution < -0.4 is 9.80 Å². The molecule has 0 saturated carbocycles. The molecule has 6 rings (SSSR count). The summed E-state index contributed by atoms with van der Waals surface area (Å²) < 4.78 is 63.6. The summed E-state index contributed by atoms with van der Waals surface area (Å²) >= 11 is 0. The van der Waals surface area contributed by atoms with Crippen LogP contribution in [0.25, 0.3) is 0 Å². The Morgan fingerprint density at radius 1 is 0.604 bits per heavy atom. The van der Waals surface area contributed by atoms with Crippen molar-refractivity contribution in [3.63, 3.8) is 0 Å².